The van der Waals surface area contributed by atoms with Crippen LogP contribution in [-0.2, 0) is 28.1 Å². The predicted octanol–water partition coefficient (Wildman–Crippen LogP) is 2.74. The van der Waals surface area contributed by atoms with E-state index in [1.165, 1.54) is 23.6 Å². The number of hydrogen-bond acceptors (Lipinski definition) is 5. The largest absolute Gasteiger partial charge is 0.468 e. The number of carbonyl (C=O) groups excluding carboxylic acids is 1. The van der Waals surface area contributed by atoms with Crippen LogP contribution in [0, 0.1) is 5.92 Å². The van der Waals surface area contributed by atoms with Crippen molar-refractivity contribution in [1.29, 1.82) is 0 Å². The zero-order valence-electron chi connectivity index (χ0n) is 15.8. The molecular weight excluding hydrogens is 360 g/mol. The molecule has 0 bridgehead atoms. The fraction of sp³-hybridized carbons (Fsp3) is 0.524. The van der Waals surface area contributed by atoms with E-state index >= 15 is 0 Å². The number of benzene rings is 1. The summed E-state index contributed by atoms with van der Waals surface area (Å²) in [4.78, 5) is 29.0. The lowest BCUT2D eigenvalue weighted by atomic mass is 9.89. The molecule has 1 aromatic heterocycles. The summed E-state index contributed by atoms with van der Waals surface area (Å²) < 4.78 is 4.76. The Morgan fingerprint density at radius 3 is 2.89 bits per heavy atom. The number of hydrogen-bond donors (Lipinski definition) is 1. The minimum atomic E-state index is -0.153. The number of piperidine rings is 1. The maximum Gasteiger partial charge on any atom is 0.319 e. The quantitative estimate of drug-likeness (QED) is 0.819. The van der Waals surface area contributed by atoms with E-state index in [0.717, 1.165) is 61.4 Å². The topological polar surface area (TPSA) is 62.4 Å². The summed E-state index contributed by atoms with van der Waals surface area (Å²) in [6.45, 7) is 2.30. The average molecular weight is 387 g/mol. The van der Waals surface area contributed by atoms with Crippen LogP contribution in [0.5, 0.6) is 0 Å². The Morgan fingerprint density at radius 1 is 1.30 bits per heavy atom. The van der Waals surface area contributed by atoms with Gasteiger partial charge in [-0.2, -0.15) is 11.8 Å². The maximum atomic E-state index is 12.3. The molecule has 0 saturated carbocycles. The number of H-pyrrole nitrogens is 1. The Hall–Kier alpha value is -1.79. The van der Waals surface area contributed by atoms with Crippen LogP contribution in [0.1, 0.15) is 29.5 Å². The smallest absolute Gasteiger partial charge is 0.319 e. The van der Waals surface area contributed by atoms with Gasteiger partial charge in [0.05, 0.1) is 13.7 Å². The number of fused-ring (bicyclic) bond motifs is 3. The highest BCUT2D eigenvalue weighted by atomic mass is 32.2. The summed E-state index contributed by atoms with van der Waals surface area (Å²) >= 11 is 1.84. The number of esters is 1. The third-order valence-corrected chi connectivity index (χ3v) is 6.84. The number of aromatic amines is 1. The third kappa shape index (κ3) is 4.06. The summed E-state index contributed by atoms with van der Waals surface area (Å²) in [5.74, 6) is 2.41. The second-order valence-electron chi connectivity index (χ2n) is 7.59. The fourth-order valence-corrected chi connectivity index (χ4v) is 5.29. The summed E-state index contributed by atoms with van der Waals surface area (Å²) in [5.41, 5.74) is 4.60. The van der Waals surface area contributed by atoms with Gasteiger partial charge >= 0.3 is 5.97 Å². The summed E-state index contributed by atoms with van der Waals surface area (Å²) in [6, 6.07) is 6.52. The predicted molar refractivity (Wildman–Crippen MR) is 109 cm³/mol. The zero-order valence-corrected chi connectivity index (χ0v) is 16.6. The minimum absolute atomic E-state index is 0.0791. The lowest BCUT2D eigenvalue weighted by Gasteiger charge is -2.31. The van der Waals surface area contributed by atoms with Crippen LogP contribution in [0.15, 0.2) is 23.0 Å². The Kier molecular flexibility index (Phi) is 5.55. The number of pyridine rings is 1. The van der Waals surface area contributed by atoms with Crippen LogP contribution in [-0.4, -0.2) is 48.4 Å². The minimum Gasteiger partial charge on any atom is -0.468 e. The first-order valence-electron chi connectivity index (χ1n) is 9.67. The molecule has 1 saturated heterocycles. The van der Waals surface area contributed by atoms with Gasteiger partial charge in [-0.3, -0.25) is 14.5 Å². The molecule has 1 N–H and O–H groups in total. The second kappa shape index (κ2) is 8.07. The van der Waals surface area contributed by atoms with Crippen LogP contribution >= 0.6 is 11.8 Å². The van der Waals surface area contributed by atoms with Gasteiger partial charge < -0.3 is 9.72 Å². The summed E-state index contributed by atoms with van der Waals surface area (Å²) in [5, 5.41) is 1.23. The highest BCUT2D eigenvalue weighted by Crippen LogP contribution is 2.29. The molecule has 6 heteroatoms. The molecule has 144 valence electrons. The van der Waals surface area contributed by atoms with E-state index < -0.39 is 0 Å². The monoisotopic (exact) mass is 386 g/mol. The Balaban J connectivity index is 1.48. The van der Waals surface area contributed by atoms with E-state index in [2.05, 4.69) is 28.1 Å². The highest BCUT2D eigenvalue weighted by molar-refractivity contribution is 7.98. The molecule has 2 aromatic rings. The molecule has 5 nitrogen and oxygen atoms in total. The number of likely N-dealkylation sites (tertiary alicyclic amines) is 1. The normalized spacial score (nSPS) is 18.4. The molecule has 0 spiro atoms. The average Bonchev–Trinajstić information content (AvgIpc) is 2.70. The van der Waals surface area contributed by atoms with Crippen LogP contribution < -0.4 is 5.56 Å². The first-order chi connectivity index (χ1) is 13.1. The van der Waals surface area contributed by atoms with Crippen LogP contribution in [0.2, 0.25) is 0 Å². The fourth-order valence-electron chi connectivity index (χ4n) is 4.29. The molecule has 0 atom stereocenters. The number of ether oxygens (including phenoxy) is 1. The molecule has 0 radical (unpaired) electrons. The van der Waals surface area contributed by atoms with Crippen LogP contribution in [0.3, 0.4) is 0 Å². The second-order valence-corrected chi connectivity index (χ2v) is 8.70. The van der Waals surface area contributed by atoms with E-state index in [1.807, 2.05) is 11.8 Å². The summed E-state index contributed by atoms with van der Waals surface area (Å²) in [6.07, 6.45) is 4.26. The van der Waals surface area contributed by atoms with Gasteiger partial charge in [-0.1, -0.05) is 6.07 Å². The molecule has 0 unspecified atom stereocenters. The van der Waals surface area contributed by atoms with Gasteiger partial charge in [0.15, 0.2) is 0 Å². The number of aromatic nitrogens is 1. The van der Waals surface area contributed by atoms with Crippen molar-refractivity contribution in [3.8, 4) is 0 Å². The number of rotatable bonds is 4. The first-order valence-corrected chi connectivity index (χ1v) is 10.8. The molecule has 2 aliphatic heterocycles. The number of thioether (sulfide) groups is 1. The maximum absolute atomic E-state index is 12.3. The van der Waals surface area contributed by atoms with Gasteiger partial charge in [0.25, 0.3) is 5.56 Å². The number of methoxy groups -OCH3 is 1. The van der Waals surface area contributed by atoms with E-state index in [0.29, 0.717) is 12.5 Å². The van der Waals surface area contributed by atoms with E-state index in [-0.39, 0.29) is 11.5 Å². The Morgan fingerprint density at radius 2 is 2.11 bits per heavy atom. The standard InChI is InChI=1S/C21H26N2O3S/c1-26-20(24)12-23-7-4-14(5-8-23)10-15-2-3-19-17(11-15)16-6-9-27-13-18(16)21(25)22-19/h2-3,11,14H,4-10,12-13H2,1H3,(H,22,25). The highest BCUT2D eigenvalue weighted by Gasteiger charge is 2.22. The van der Waals surface area contributed by atoms with E-state index in [4.69, 9.17) is 4.74 Å². The summed E-state index contributed by atoms with van der Waals surface area (Å²) in [7, 11) is 1.44. The SMILES string of the molecule is COC(=O)CN1CCC(Cc2ccc3[nH]c(=O)c4c(c3c2)CCSC4)CC1. The van der Waals surface area contributed by atoms with E-state index in [1.54, 1.807) is 0 Å². The molecule has 0 aliphatic carbocycles. The number of aryl methyl sites for hydroxylation is 1. The van der Waals surface area contributed by atoms with Crippen molar-refractivity contribution < 1.29 is 9.53 Å². The van der Waals surface area contributed by atoms with Gasteiger partial charge in [-0.15, -0.1) is 0 Å². The third-order valence-electron chi connectivity index (χ3n) is 5.85. The van der Waals surface area contributed by atoms with Crippen LogP contribution in [0.4, 0.5) is 0 Å². The molecule has 27 heavy (non-hydrogen) atoms. The molecule has 2 aliphatic rings. The van der Waals surface area contributed by atoms with Crippen molar-refractivity contribution in [1.82, 2.24) is 9.88 Å². The number of carbonyl (C=O) groups is 1. The zero-order chi connectivity index (χ0) is 18.8. The van der Waals surface area contributed by atoms with Crippen LogP contribution in [0.25, 0.3) is 10.9 Å². The van der Waals surface area contributed by atoms with Crippen molar-refractivity contribution >= 4 is 28.6 Å². The van der Waals surface area contributed by atoms with Gasteiger partial charge in [-0.25, -0.2) is 0 Å². The molecule has 1 aromatic carbocycles. The Labute approximate surface area is 163 Å². The van der Waals surface area contributed by atoms with Gasteiger partial charge in [-0.05, 0) is 73.7 Å². The lowest BCUT2D eigenvalue weighted by molar-refractivity contribution is -0.142. The van der Waals surface area contributed by atoms with Crippen molar-refractivity contribution in [3.63, 3.8) is 0 Å². The van der Waals surface area contributed by atoms with E-state index in [9.17, 15) is 9.59 Å². The van der Waals surface area contributed by atoms with Gasteiger partial charge in [0.1, 0.15) is 0 Å². The van der Waals surface area contributed by atoms with Crippen molar-refractivity contribution in [2.45, 2.75) is 31.4 Å². The van der Waals surface area contributed by atoms with Crippen molar-refractivity contribution in [2.24, 2.45) is 5.92 Å². The molecule has 1 fully saturated rings. The first kappa shape index (κ1) is 18.6. The number of nitrogens with zero attached hydrogens (tertiary/aromatic N) is 1. The molecule has 4 rings (SSSR count). The van der Waals surface area contributed by atoms with Gasteiger partial charge in [0.2, 0.25) is 0 Å². The number of nitrogens with one attached hydrogen (secondary N) is 1. The van der Waals surface area contributed by atoms with Crippen molar-refractivity contribution in [2.75, 3.05) is 32.5 Å². The lowest BCUT2D eigenvalue weighted by Crippen LogP contribution is -2.38. The van der Waals surface area contributed by atoms with Crippen molar-refractivity contribution in [3.05, 3.63) is 45.2 Å². The Bertz CT molecular complexity index is 900. The molecule has 3 heterocycles. The van der Waals surface area contributed by atoms with Gasteiger partial charge in [0, 0.05) is 22.2 Å². The molecule has 0 amide bonds. The molecular formula is C21H26N2O3S.